The molecule has 6 aliphatic rings. The van der Waals surface area contributed by atoms with Gasteiger partial charge in [-0.2, -0.15) is 0 Å². The Bertz CT molecular complexity index is 1850. The number of ketones is 1. The van der Waals surface area contributed by atoms with Gasteiger partial charge in [0.1, 0.15) is 61.2 Å². The summed E-state index contributed by atoms with van der Waals surface area (Å²) in [6.45, 7) is 4.35. The second-order valence-corrected chi connectivity index (χ2v) is 18.4. The number of esters is 1. The molecule has 3 saturated carbocycles. The molecular formula is C44H62O18. The number of Topliss-reactive ketones (excluding diaryl/α,β-unsaturated/α-hetero) is 1. The third kappa shape index (κ3) is 7.97. The van der Waals surface area contributed by atoms with Crippen molar-refractivity contribution in [1.82, 2.24) is 0 Å². The first-order valence-corrected chi connectivity index (χ1v) is 21.4. The summed E-state index contributed by atoms with van der Waals surface area (Å²) in [5.74, 6) is -1.58. The molecule has 2 heterocycles. The zero-order chi connectivity index (χ0) is 45.1. The van der Waals surface area contributed by atoms with Gasteiger partial charge in [-0.25, -0.2) is 4.79 Å². The number of methoxy groups -OCH3 is 2. The molecule has 0 spiro atoms. The normalized spacial score (nSPS) is 44.1. The lowest BCUT2D eigenvalue weighted by Gasteiger charge is -2.61. The summed E-state index contributed by atoms with van der Waals surface area (Å²) in [4.78, 5) is 25.4. The van der Waals surface area contributed by atoms with Crippen molar-refractivity contribution in [3.05, 3.63) is 35.4 Å². The highest BCUT2D eigenvalue weighted by Crippen LogP contribution is 2.68. The van der Waals surface area contributed by atoms with E-state index in [-0.39, 0.29) is 46.7 Å². The summed E-state index contributed by atoms with van der Waals surface area (Å²) in [5, 5.41) is 98.6. The Kier molecular flexibility index (Phi) is 13.5. The molecule has 62 heavy (non-hydrogen) atoms. The predicted octanol–water partition coefficient (Wildman–Crippen LogP) is 0.237. The van der Waals surface area contributed by atoms with Gasteiger partial charge in [0.15, 0.2) is 24.1 Å². The lowest BCUT2D eigenvalue weighted by molar-refractivity contribution is -0.372. The summed E-state index contributed by atoms with van der Waals surface area (Å²) in [6, 6.07) is 2.91. The molecule has 18 heteroatoms. The number of aromatic hydroxyl groups is 1. The topological polar surface area (TPSA) is 281 Å². The number of aliphatic hydroxyl groups is 8. The van der Waals surface area contributed by atoms with E-state index in [2.05, 4.69) is 13.0 Å². The van der Waals surface area contributed by atoms with E-state index in [1.807, 2.05) is 6.92 Å². The molecule has 5 fully saturated rings. The summed E-state index contributed by atoms with van der Waals surface area (Å²) >= 11 is 0. The predicted molar refractivity (Wildman–Crippen MR) is 214 cm³/mol. The molecule has 1 aromatic carbocycles. The smallest absolute Gasteiger partial charge is 0.330 e. The van der Waals surface area contributed by atoms with Crippen molar-refractivity contribution in [3.8, 4) is 17.2 Å². The van der Waals surface area contributed by atoms with Crippen molar-refractivity contribution in [2.45, 2.75) is 145 Å². The molecule has 7 rings (SSSR count). The van der Waals surface area contributed by atoms with Crippen molar-refractivity contribution in [3.63, 3.8) is 0 Å². The number of phenols is 1. The van der Waals surface area contributed by atoms with Crippen molar-refractivity contribution < 1.29 is 88.7 Å². The summed E-state index contributed by atoms with van der Waals surface area (Å²) in [7, 11) is 2.70. The fourth-order valence-electron chi connectivity index (χ4n) is 11.6. The minimum Gasteiger partial charge on any atom is -0.502 e. The van der Waals surface area contributed by atoms with E-state index < -0.39 is 110 Å². The van der Waals surface area contributed by atoms with E-state index in [1.165, 1.54) is 39.4 Å². The summed E-state index contributed by atoms with van der Waals surface area (Å²) < 4.78 is 39.7. The second kappa shape index (κ2) is 18.0. The maximum absolute atomic E-state index is 12.7. The molecule has 0 amide bonds. The number of rotatable bonds is 12. The molecule has 0 aromatic heterocycles. The highest BCUT2D eigenvalue weighted by molar-refractivity contribution is 5.87. The van der Waals surface area contributed by atoms with E-state index in [1.54, 1.807) is 0 Å². The van der Waals surface area contributed by atoms with Gasteiger partial charge in [-0.1, -0.05) is 25.5 Å². The maximum atomic E-state index is 12.7. The van der Waals surface area contributed by atoms with Crippen LogP contribution in [0.4, 0.5) is 0 Å². The van der Waals surface area contributed by atoms with Crippen molar-refractivity contribution >= 4 is 17.8 Å². The molecule has 18 nitrogen and oxygen atoms in total. The van der Waals surface area contributed by atoms with Crippen LogP contribution in [0.15, 0.2) is 29.9 Å². The first kappa shape index (κ1) is 46.7. The Morgan fingerprint density at radius 1 is 0.855 bits per heavy atom. The van der Waals surface area contributed by atoms with Gasteiger partial charge in [-0.15, -0.1) is 0 Å². The molecule has 2 saturated heterocycles. The largest absolute Gasteiger partial charge is 0.502 e. The maximum Gasteiger partial charge on any atom is 0.330 e. The van der Waals surface area contributed by atoms with Crippen LogP contribution in [0.1, 0.15) is 71.3 Å². The molecule has 0 unspecified atom stereocenters. The number of aliphatic hydroxyl groups excluding tert-OH is 7. The van der Waals surface area contributed by atoms with Crippen molar-refractivity contribution in [2.75, 3.05) is 27.4 Å². The van der Waals surface area contributed by atoms with E-state index in [0.717, 1.165) is 18.1 Å². The average Bonchev–Trinajstić information content (AvgIpc) is 3.47. The van der Waals surface area contributed by atoms with Gasteiger partial charge < -0.3 is 79.1 Å². The van der Waals surface area contributed by atoms with Crippen molar-refractivity contribution in [1.29, 1.82) is 0 Å². The highest BCUT2D eigenvalue weighted by atomic mass is 16.8. The van der Waals surface area contributed by atoms with E-state index in [9.17, 15) is 55.5 Å². The van der Waals surface area contributed by atoms with Crippen LogP contribution >= 0.6 is 0 Å². The van der Waals surface area contributed by atoms with Gasteiger partial charge in [0, 0.05) is 17.4 Å². The molecule has 0 radical (unpaired) electrons. The van der Waals surface area contributed by atoms with Crippen molar-refractivity contribution in [2.24, 2.45) is 28.6 Å². The SMILES string of the molecule is COc1cc(/C=C/C(=O)OC[C@H]2O[C@@H](O[C@H]3[C@H](O[C@H]4CC[C@@]5(C)C(=CC[C@@H]6[C@@H]5CC[C@]5(C)[C@@H](C(C)=O)C[C@@H](O)[C@]65O)C4)O[C@H](CO)[C@@H](O)[C@@H]3O)[C@H](O)[C@@H](O)[C@@H]2O)cc(OC)c1O. The van der Waals surface area contributed by atoms with Crippen LogP contribution in [-0.2, 0) is 33.3 Å². The molecule has 18 atom stereocenters. The molecular weight excluding hydrogens is 816 g/mol. The van der Waals surface area contributed by atoms with Gasteiger partial charge in [0.05, 0.1) is 38.6 Å². The average molecular weight is 879 g/mol. The number of hydrogen-bond acceptors (Lipinski definition) is 18. The number of phenolic OH excluding ortho intramolecular Hbond substituents is 1. The molecule has 4 aliphatic carbocycles. The number of fused-ring (bicyclic) bond motifs is 5. The van der Waals surface area contributed by atoms with Crippen LogP contribution in [0, 0.1) is 28.6 Å². The Labute approximate surface area is 359 Å². The molecule has 1 aromatic rings. The van der Waals surface area contributed by atoms with Gasteiger partial charge in [-0.3, -0.25) is 4.79 Å². The van der Waals surface area contributed by atoms with Crippen LogP contribution in [-0.4, -0.2) is 164 Å². The van der Waals surface area contributed by atoms with Gasteiger partial charge in [-0.05, 0) is 92.9 Å². The van der Waals surface area contributed by atoms with Crippen LogP contribution in [0.5, 0.6) is 17.2 Å². The van der Waals surface area contributed by atoms with Crippen LogP contribution in [0.2, 0.25) is 0 Å². The van der Waals surface area contributed by atoms with E-state index >= 15 is 0 Å². The number of carbonyl (C=O) groups is 2. The highest BCUT2D eigenvalue weighted by Gasteiger charge is 2.70. The number of ether oxygens (including phenoxy) is 7. The Morgan fingerprint density at radius 2 is 1.52 bits per heavy atom. The van der Waals surface area contributed by atoms with E-state index in [0.29, 0.717) is 37.7 Å². The zero-order valence-corrected chi connectivity index (χ0v) is 35.6. The van der Waals surface area contributed by atoms with Crippen LogP contribution < -0.4 is 9.47 Å². The zero-order valence-electron chi connectivity index (χ0n) is 35.6. The van der Waals surface area contributed by atoms with Gasteiger partial charge in [0.25, 0.3) is 0 Å². The lowest BCUT2D eigenvalue weighted by atomic mass is 9.45. The van der Waals surface area contributed by atoms with Gasteiger partial charge in [0.2, 0.25) is 5.75 Å². The fourth-order valence-corrected chi connectivity index (χ4v) is 11.6. The monoisotopic (exact) mass is 878 g/mol. The Hall–Kier alpha value is -3.24. The Morgan fingerprint density at radius 3 is 2.16 bits per heavy atom. The molecule has 0 bridgehead atoms. The molecule has 346 valence electrons. The van der Waals surface area contributed by atoms with Gasteiger partial charge >= 0.3 is 5.97 Å². The number of allylic oxidation sites excluding steroid dienone is 1. The summed E-state index contributed by atoms with van der Waals surface area (Å²) in [6.07, 6.45) is -9.69. The number of benzene rings is 1. The first-order valence-electron chi connectivity index (χ1n) is 21.4. The second-order valence-electron chi connectivity index (χ2n) is 18.4. The minimum atomic E-state index is -1.89. The number of carbonyl (C=O) groups excluding carboxylic acids is 2. The first-order chi connectivity index (χ1) is 29.3. The molecule has 2 aliphatic heterocycles. The quantitative estimate of drug-likeness (QED) is 0.0772. The van der Waals surface area contributed by atoms with Crippen LogP contribution in [0.25, 0.3) is 6.08 Å². The minimum absolute atomic E-state index is 0.0231. The fraction of sp³-hybridized carbons (Fsp3) is 0.727. The van der Waals surface area contributed by atoms with E-state index in [4.69, 9.17) is 33.2 Å². The number of hydrogen-bond donors (Lipinski definition) is 9. The third-order valence-electron chi connectivity index (χ3n) is 15.2. The standard InChI is InChI=1S/C44H62O18/c1-20(46)26-17-31(47)44(55)25-8-7-22-16-23(10-12-42(22,2)24(25)11-13-43(26,44)3)59-41-39(37(53)34(50)29(18-45)60-41)62-40-38(54)36(52)35(51)30(61-40)19-58-32(48)9-6-21-14-27(56-4)33(49)28(15-21)57-5/h6-7,9,14-15,23-26,29-31,34-41,45,47,49-55H,8,10-13,16-19H2,1-5H3/b9-6+/t23-,24-,25+,26+,29+,30+,31+,34+,35+,36-,37-,38+,39+,40-,41+,42-,43+,44+/m0/s1. The lowest BCUT2D eigenvalue weighted by Crippen LogP contribution is -2.65. The Balaban J connectivity index is 1.03. The molecule has 9 N–H and O–H groups in total. The van der Waals surface area contributed by atoms with Crippen LogP contribution in [0.3, 0.4) is 0 Å². The summed E-state index contributed by atoms with van der Waals surface area (Å²) in [5.41, 5.74) is -0.994. The third-order valence-corrected chi connectivity index (χ3v) is 15.2.